The summed E-state index contributed by atoms with van der Waals surface area (Å²) in [6, 6.07) is 19.8. The van der Waals surface area contributed by atoms with Crippen molar-refractivity contribution in [3.05, 3.63) is 73.0 Å². The second-order valence-corrected chi connectivity index (χ2v) is 5.53. The molecule has 3 rings (SSSR count). The molecule has 0 spiro atoms. The summed E-state index contributed by atoms with van der Waals surface area (Å²) in [4.78, 5) is 15.0. The summed E-state index contributed by atoms with van der Waals surface area (Å²) in [7, 11) is 1.68. The third kappa shape index (κ3) is 7.82. The van der Waals surface area contributed by atoms with E-state index in [9.17, 15) is 4.79 Å². The number of aromatic nitrogens is 1. The van der Waals surface area contributed by atoms with Crippen molar-refractivity contribution < 1.29 is 65.3 Å². The molecule has 2 aromatic carbocycles. The van der Waals surface area contributed by atoms with Crippen LogP contribution in [0, 0.1) is 6.42 Å². The molecule has 27 heavy (non-hydrogen) atoms. The van der Waals surface area contributed by atoms with Gasteiger partial charge < -0.3 is 20.4 Å². The van der Waals surface area contributed by atoms with Gasteiger partial charge in [-0.1, -0.05) is 67.3 Å². The quantitative estimate of drug-likeness (QED) is 0.458. The molecule has 0 unspecified atom stereocenters. The Morgan fingerprint density at radius 1 is 1.04 bits per heavy atom. The Kier molecular flexibility index (Phi) is 12.4. The van der Waals surface area contributed by atoms with Gasteiger partial charge in [-0.15, -0.1) is 6.42 Å². The van der Waals surface area contributed by atoms with Crippen LogP contribution in [0.2, 0.25) is 0 Å². The standard InChI is InChI=1S/C18H14NO2.C4H9O.K/c20-13-7-12-16-19-17(14-8-3-1-4-9-14)18(21-16)15-10-5-2-6-11-15;1-3-4-5-2;/h1-6,8-11H,7,12H2;3H,4H2,1-2H3;/q2*-1;+1. The number of benzene rings is 2. The summed E-state index contributed by atoms with van der Waals surface area (Å²) >= 11 is 0. The number of nitrogens with zero attached hydrogens (tertiary/aromatic N) is 1. The largest absolute Gasteiger partial charge is 1.00 e. The van der Waals surface area contributed by atoms with E-state index in [1.54, 1.807) is 7.11 Å². The number of carbonyl (C=O) groups excluding carboxylic acids is 1. The summed E-state index contributed by atoms with van der Waals surface area (Å²) < 4.78 is 10.5. The van der Waals surface area contributed by atoms with Crippen LogP contribution in [0.5, 0.6) is 0 Å². The molecular weight excluding hydrogens is 365 g/mol. The maximum Gasteiger partial charge on any atom is 1.00 e. The van der Waals surface area contributed by atoms with Crippen molar-refractivity contribution in [2.24, 2.45) is 0 Å². The molecule has 0 N–H and O–H groups in total. The maximum atomic E-state index is 10.4. The number of rotatable bonds is 7. The van der Waals surface area contributed by atoms with E-state index in [1.165, 1.54) is 0 Å². The number of hydrogen-bond acceptors (Lipinski definition) is 4. The minimum atomic E-state index is 0. The van der Waals surface area contributed by atoms with Crippen molar-refractivity contribution in [1.82, 2.24) is 4.98 Å². The van der Waals surface area contributed by atoms with Crippen molar-refractivity contribution in [3.63, 3.8) is 0 Å². The van der Waals surface area contributed by atoms with E-state index in [2.05, 4.69) is 9.72 Å². The molecular formula is C22H23KNO3-. The van der Waals surface area contributed by atoms with Gasteiger partial charge in [-0.05, 0) is 0 Å². The number of oxazole rings is 1. The van der Waals surface area contributed by atoms with Gasteiger partial charge in [0.2, 0.25) is 0 Å². The van der Waals surface area contributed by atoms with Crippen molar-refractivity contribution in [1.29, 1.82) is 0 Å². The molecule has 3 aromatic rings. The molecule has 0 fully saturated rings. The van der Waals surface area contributed by atoms with Gasteiger partial charge in [-0.3, -0.25) is 6.29 Å². The molecule has 1 heterocycles. The Labute approximate surface area is 203 Å². The predicted molar refractivity (Wildman–Crippen MR) is 103 cm³/mol. The first-order valence-electron chi connectivity index (χ1n) is 8.52. The molecule has 0 saturated carbocycles. The summed E-state index contributed by atoms with van der Waals surface area (Å²) in [6.45, 7) is 2.73. The number of ether oxygens (including phenoxy) is 1. The van der Waals surface area contributed by atoms with E-state index in [-0.39, 0.29) is 51.4 Å². The minimum Gasteiger partial charge on any atom is -0.542 e. The minimum absolute atomic E-state index is 0. The first kappa shape index (κ1) is 24.0. The second kappa shape index (κ2) is 14.0. The van der Waals surface area contributed by atoms with Crippen LogP contribution in [-0.4, -0.2) is 25.0 Å². The topological polar surface area (TPSA) is 52.3 Å². The smallest absolute Gasteiger partial charge is 0.542 e. The van der Waals surface area contributed by atoms with Crippen LogP contribution in [0.4, 0.5) is 0 Å². The molecule has 136 valence electrons. The van der Waals surface area contributed by atoms with Crippen molar-refractivity contribution in [2.45, 2.75) is 19.8 Å². The normalized spacial score (nSPS) is 9.70. The third-order valence-corrected chi connectivity index (χ3v) is 3.53. The van der Waals surface area contributed by atoms with E-state index in [4.69, 9.17) is 4.42 Å². The molecule has 5 heteroatoms. The summed E-state index contributed by atoms with van der Waals surface area (Å²) in [5, 5.41) is 0. The van der Waals surface area contributed by atoms with Crippen molar-refractivity contribution >= 4 is 6.29 Å². The van der Waals surface area contributed by atoms with Crippen LogP contribution < -0.4 is 51.4 Å². The number of hydrogen-bond donors (Lipinski definition) is 0. The Bertz CT molecular complexity index is 714. The Morgan fingerprint density at radius 2 is 1.63 bits per heavy atom. The summed E-state index contributed by atoms with van der Waals surface area (Å²) in [5.41, 5.74) is 2.79. The molecule has 0 atom stereocenters. The molecule has 4 nitrogen and oxygen atoms in total. The monoisotopic (exact) mass is 388 g/mol. The van der Waals surface area contributed by atoms with Crippen LogP contribution in [0.25, 0.3) is 22.6 Å². The fourth-order valence-electron chi connectivity index (χ4n) is 2.37. The molecule has 0 aliphatic carbocycles. The van der Waals surface area contributed by atoms with Gasteiger partial charge in [0.15, 0.2) is 11.7 Å². The fourth-order valence-corrected chi connectivity index (χ4v) is 2.37. The van der Waals surface area contributed by atoms with E-state index < -0.39 is 0 Å². The summed E-state index contributed by atoms with van der Waals surface area (Å²) in [5.74, 6) is 1.30. The number of methoxy groups -OCH3 is 1. The van der Waals surface area contributed by atoms with Gasteiger partial charge >= 0.3 is 51.4 Å². The first-order valence-corrected chi connectivity index (χ1v) is 8.52. The van der Waals surface area contributed by atoms with Gasteiger partial charge in [0.25, 0.3) is 0 Å². The first-order chi connectivity index (χ1) is 12.8. The van der Waals surface area contributed by atoms with Crippen LogP contribution >= 0.6 is 0 Å². The van der Waals surface area contributed by atoms with Gasteiger partial charge in [-0.25, -0.2) is 4.98 Å². The third-order valence-electron chi connectivity index (χ3n) is 3.53. The zero-order valence-electron chi connectivity index (χ0n) is 16.1. The van der Waals surface area contributed by atoms with Gasteiger partial charge in [0.1, 0.15) is 5.69 Å². The Hall–Kier alpha value is -1.08. The van der Waals surface area contributed by atoms with Gasteiger partial charge in [0.05, 0.1) is 0 Å². The van der Waals surface area contributed by atoms with Crippen molar-refractivity contribution in [2.75, 3.05) is 13.7 Å². The Morgan fingerprint density at radius 3 is 2.11 bits per heavy atom. The maximum absolute atomic E-state index is 10.4. The van der Waals surface area contributed by atoms with E-state index in [0.29, 0.717) is 18.7 Å². The van der Waals surface area contributed by atoms with Crippen LogP contribution in [0.1, 0.15) is 19.2 Å². The average molecular weight is 389 g/mol. The predicted octanol–water partition coefficient (Wildman–Crippen LogP) is 1.91. The van der Waals surface area contributed by atoms with Gasteiger partial charge in [-0.2, -0.15) is 6.92 Å². The zero-order valence-corrected chi connectivity index (χ0v) is 19.3. The van der Waals surface area contributed by atoms with E-state index in [0.717, 1.165) is 29.2 Å². The van der Waals surface area contributed by atoms with E-state index >= 15 is 0 Å². The van der Waals surface area contributed by atoms with Gasteiger partial charge in [0, 0.05) is 24.7 Å². The summed E-state index contributed by atoms with van der Waals surface area (Å²) in [6.07, 6.45) is 4.60. The average Bonchev–Trinajstić information content (AvgIpc) is 3.13. The molecule has 0 bridgehead atoms. The van der Waals surface area contributed by atoms with Crippen LogP contribution in [0.15, 0.2) is 65.1 Å². The SMILES string of the molecule is C[CH-]COC.O=[C-]CCc1nc(-c2ccccc2)c(-c2ccccc2)o1.[K+]. The van der Waals surface area contributed by atoms with Crippen molar-refractivity contribution in [3.8, 4) is 22.6 Å². The van der Waals surface area contributed by atoms with E-state index in [1.807, 2.05) is 80.3 Å². The fraction of sp³-hybridized carbons (Fsp3) is 0.227. The Balaban J connectivity index is 0.000000542. The van der Waals surface area contributed by atoms with Crippen LogP contribution in [-0.2, 0) is 16.0 Å². The zero-order chi connectivity index (χ0) is 18.6. The molecule has 0 aliphatic heterocycles. The molecule has 1 aromatic heterocycles. The van der Waals surface area contributed by atoms with Crippen LogP contribution in [0.3, 0.4) is 0 Å². The molecule has 0 aliphatic rings. The molecule has 0 radical (unpaired) electrons. The molecule has 0 amide bonds. The second-order valence-electron chi connectivity index (χ2n) is 5.53. The number of aryl methyl sites for hydroxylation is 1. The molecule has 0 saturated heterocycles.